The third-order valence-corrected chi connectivity index (χ3v) is 3.57. The first-order valence-corrected chi connectivity index (χ1v) is 8.58. The predicted molar refractivity (Wildman–Crippen MR) is 96.6 cm³/mol. The second-order valence-corrected chi connectivity index (χ2v) is 6.90. The number of carbonyl (C=O) groups is 1. The molecular formula is C19H28N2O3. The number of fused-ring (bicyclic) bond motifs is 1. The average Bonchev–Trinajstić information content (AvgIpc) is 2.88. The van der Waals surface area contributed by atoms with E-state index < -0.39 is 5.60 Å². The molecule has 0 bridgehead atoms. The minimum Gasteiger partial charge on any atom is -0.494 e. The van der Waals surface area contributed by atoms with Gasteiger partial charge in [-0.05, 0) is 51.3 Å². The van der Waals surface area contributed by atoms with Gasteiger partial charge in [-0.2, -0.15) is 0 Å². The zero-order valence-corrected chi connectivity index (χ0v) is 15.1. The van der Waals surface area contributed by atoms with Gasteiger partial charge in [-0.15, -0.1) is 0 Å². The van der Waals surface area contributed by atoms with Crippen molar-refractivity contribution < 1.29 is 14.3 Å². The molecule has 1 amide bonds. The van der Waals surface area contributed by atoms with Crippen molar-refractivity contribution >= 4 is 17.0 Å². The molecular weight excluding hydrogens is 304 g/mol. The summed E-state index contributed by atoms with van der Waals surface area (Å²) in [7, 11) is 0. The van der Waals surface area contributed by atoms with Gasteiger partial charge in [0, 0.05) is 29.7 Å². The molecule has 1 aromatic carbocycles. The monoisotopic (exact) mass is 332 g/mol. The normalized spacial score (nSPS) is 11.5. The van der Waals surface area contributed by atoms with E-state index in [-0.39, 0.29) is 6.09 Å². The van der Waals surface area contributed by atoms with Crippen LogP contribution in [0.1, 0.15) is 46.1 Å². The minimum absolute atomic E-state index is 0.381. The molecule has 0 unspecified atom stereocenters. The quantitative estimate of drug-likeness (QED) is 0.738. The van der Waals surface area contributed by atoms with Crippen LogP contribution in [-0.2, 0) is 11.2 Å². The summed E-state index contributed by atoms with van der Waals surface area (Å²) in [6, 6.07) is 6.09. The minimum atomic E-state index is -0.473. The lowest BCUT2D eigenvalue weighted by atomic mass is 10.1. The predicted octanol–water partition coefficient (Wildman–Crippen LogP) is 4.41. The summed E-state index contributed by atoms with van der Waals surface area (Å²) < 4.78 is 11.0. The van der Waals surface area contributed by atoms with Crippen molar-refractivity contribution in [1.29, 1.82) is 0 Å². The zero-order valence-electron chi connectivity index (χ0n) is 15.1. The largest absolute Gasteiger partial charge is 0.494 e. The van der Waals surface area contributed by atoms with Gasteiger partial charge in [0.1, 0.15) is 11.4 Å². The fourth-order valence-corrected chi connectivity index (χ4v) is 2.41. The molecule has 0 saturated heterocycles. The van der Waals surface area contributed by atoms with Crippen LogP contribution in [0.5, 0.6) is 5.75 Å². The number of amides is 1. The first-order valence-electron chi connectivity index (χ1n) is 8.58. The molecule has 0 radical (unpaired) electrons. The molecule has 132 valence electrons. The van der Waals surface area contributed by atoms with Crippen LogP contribution in [0.2, 0.25) is 0 Å². The van der Waals surface area contributed by atoms with Gasteiger partial charge in [0.2, 0.25) is 0 Å². The van der Waals surface area contributed by atoms with Crippen LogP contribution in [-0.4, -0.2) is 29.8 Å². The Hall–Kier alpha value is -2.17. The number of rotatable bonds is 7. The summed E-state index contributed by atoms with van der Waals surface area (Å²) in [4.78, 5) is 14.9. The van der Waals surface area contributed by atoms with Crippen LogP contribution in [0, 0.1) is 0 Å². The Balaban J connectivity index is 1.90. The number of nitrogens with one attached hydrogen (secondary N) is 2. The van der Waals surface area contributed by atoms with Crippen LogP contribution < -0.4 is 10.1 Å². The van der Waals surface area contributed by atoms with Crippen LogP contribution in [0.15, 0.2) is 24.4 Å². The van der Waals surface area contributed by atoms with Crippen molar-refractivity contribution in [1.82, 2.24) is 10.3 Å². The fourth-order valence-electron chi connectivity index (χ4n) is 2.41. The summed E-state index contributed by atoms with van der Waals surface area (Å²) in [6.45, 7) is 8.99. The number of H-pyrrole nitrogens is 1. The zero-order chi connectivity index (χ0) is 17.6. The molecule has 1 heterocycles. The molecule has 0 aliphatic carbocycles. The molecule has 1 aromatic heterocycles. The third kappa shape index (κ3) is 5.48. The highest BCUT2D eigenvalue weighted by Crippen LogP contribution is 2.23. The molecule has 0 saturated carbocycles. The van der Waals surface area contributed by atoms with Gasteiger partial charge in [-0.1, -0.05) is 13.3 Å². The van der Waals surface area contributed by atoms with E-state index in [1.54, 1.807) is 0 Å². The van der Waals surface area contributed by atoms with Crippen molar-refractivity contribution in [2.45, 2.75) is 52.6 Å². The molecule has 0 fully saturated rings. The molecule has 24 heavy (non-hydrogen) atoms. The lowest BCUT2D eigenvalue weighted by Gasteiger charge is -2.19. The van der Waals surface area contributed by atoms with Crippen molar-refractivity contribution in [3.8, 4) is 5.75 Å². The van der Waals surface area contributed by atoms with Crippen LogP contribution in [0.3, 0.4) is 0 Å². The number of aromatic nitrogens is 1. The maximum atomic E-state index is 11.7. The van der Waals surface area contributed by atoms with E-state index in [0.717, 1.165) is 42.5 Å². The molecule has 2 aromatic rings. The Bertz CT molecular complexity index is 671. The summed E-state index contributed by atoms with van der Waals surface area (Å²) in [6.07, 6.45) is 4.53. The highest BCUT2D eigenvalue weighted by atomic mass is 16.6. The molecule has 5 heteroatoms. The van der Waals surface area contributed by atoms with E-state index in [4.69, 9.17) is 9.47 Å². The Morgan fingerprint density at radius 3 is 2.79 bits per heavy atom. The lowest BCUT2D eigenvalue weighted by molar-refractivity contribution is 0.0528. The number of benzene rings is 1. The van der Waals surface area contributed by atoms with Gasteiger partial charge < -0.3 is 19.8 Å². The van der Waals surface area contributed by atoms with Gasteiger partial charge in [0.05, 0.1) is 6.61 Å². The molecule has 2 N–H and O–H groups in total. The van der Waals surface area contributed by atoms with Crippen molar-refractivity contribution in [3.05, 3.63) is 30.0 Å². The fraction of sp³-hybridized carbons (Fsp3) is 0.526. The first kappa shape index (κ1) is 18.2. The maximum absolute atomic E-state index is 11.7. The number of unbranched alkanes of at least 4 members (excludes halogenated alkanes) is 1. The van der Waals surface area contributed by atoms with Gasteiger partial charge >= 0.3 is 6.09 Å². The summed E-state index contributed by atoms with van der Waals surface area (Å²) >= 11 is 0. The van der Waals surface area contributed by atoms with Crippen molar-refractivity contribution in [3.63, 3.8) is 0 Å². The number of carbonyl (C=O) groups excluding carboxylic acids is 1. The highest BCUT2D eigenvalue weighted by molar-refractivity contribution is 5.84. The van der Waals surface area contributed by atoms with E-state index in [1.165, 1.54) is 5.56 Å². The summed E-state index contributed by atoms with van der Waals surface area (Å²) in [5.74, 6) is 0.885. The first-order chi connectivity index (χ1) is 11.4. The number of hydrogen-bond donors (Lipinski definition) is 2. The number of ether oxygens (including phenoxy) is 2. The standard InChI is InChI=1S/C19H28N2O3/c1-5-6-11-23-15-7-8-16-14(13-21-17(16)12-15)9-10-20-18(22)24-19(2,3)4/h7-8,12-13,21H,5-6,9-11H2,1-4H3,(H,20,22). The van der Waals surface area contributed by atoms with E-state index in [0.29, 0.717) is 6.54 Å². The van der Waals surface area contributed by atoms with Gasteiger partial charge in [0.15, 0.2) is 0 Å². The van der Waals surface area contributed by atoms with Crippen molar-refractivity contribution in [2.75, 3.05) is 13.2 Å². The van der Waals surface area contributed by atoms with Gasteiger partial charge in [0.25, 0.3) is 0 Å². The number of hydrogen-bond acceptors (Lipinski definition) is 3. The number of alkyl carbamates (subject to hydrolysis) is 1. The van der Waals surface area contributed by atoms with Gasteiger partial charge in [-0.25, -0.2) is 4.79 Å². The third-order valence-electron chi connectivity index (χ3n) is 3.57. The molecule has 5 nitrogen and oxygen atoms in total. The van der Waals surface area contributed by atoms with E-state index in [2.05, 4.69) is 23.3 Å². The SMILES string of the molecule is CCCCOc1ccc2c(CCNC(=O)OC(C)(C)C)c[nH]c2c1. The van der Waals surface area contributed by atoms with Crippen LogP contribution in [0.4, 0.5) is 4.79 Å². The maximum Gasteiger partial charge on any atom is 0.407 e. The molecule has 0 aliphatic heterocycles. The Morgan fingerprint density at radius 2 is 2.08 bits per heavy atom. The van der Waals surface area contributed by atoms with E-state index >= 15 is 0 Å². The lowest BCUT2D eigenvalue weighted by Crippen LogP contribution is -2.33. The summed E-state index contributed by atoms with van der Waals surface area (Å²) in [5.41, 5.74) is 1.75. The topological polar surface area (TPSA) is 63.4 Å². The second kappa shape index (κ2) is 8.08. The highest BCUT2D eigenvalue weighted by Gasteiger charge is 2.15. The summed E-state index contributed by atoms with van der Waals surface area (Å²) in [5, 5.41) is 3.94. The van der Waals surface area contributed by atoms with Crippen LogP contribution >= 0.6 is 0 Å². The smallest absolute Gasteiger partial charge is 0.407 e. The van der Waals surface area contributed by atoms with Gasteiger partial charge in [-0.3, -0.25) is 0 Å². The van der Waals surface area contributed by atoms with E-state index in [1.807, 2.05) is 39.1 Å². The van der Waals surface area contributed by atoms with E-state index in [9.17, 15) is 4.79 Å². The number of aromatic amines is 1. The molecule has 0 aliphatic rings. The molecule has 0 atom stereocenters. The second-order valence-electron chi connectivity index (χ2n) is 6.90. The Labute approximate surface area is 143 Å². The molecule has 0 spiro atoms. The van der Waals surface area contributed by atoms with Crippen molar-refractivity contribution in [2.24, 2.45) is 0 Å². The molecule has 2 rings (SSSR count). The van der Waals surface area contributed by atoms with Crippen LogP contribution in [0.25, 0.3) is 10.9 Å². The average molecular weight is 332 g/mol. The Morgan fingerprint density at radius 1 is 1.29 bits per heavy atom. The Kier molecular flexibility index (Phi) is 6.12.